The van der Waals surface area contributed by atoms with E-state index in [1.807, 2.05) is 0 Å². The summed E-state index contributed by atoms with van der Waals surface area (Å²) < 4.78 is 47.1. The quantitative estimate of drug-likeness (QED) is 0.571. The van der Waals surface area contributed by atoms with Gasteiger partial charge >= 0.3 is 12.3 Å². The van der Waals surface area contributed by atoms with Crippen LogP contribution in [0.5, 0.6) is 5.75 Å². The highest BCUT2D eigenvalue weighted by Crippen LogP contribution is 2.24. The largest absolute Gasteiger partial charge is 0.573 e. The number of halogens is 3. The minimum atomic E-state index is -4.74. The molecule has 0 unspecified atom stereocenters. The predicted octanol–water partition coefficient (Wildman–Crippen LogP) is 4.33. The molecule has 1 heterocycles. The second-order valence-electron chi connectivity index (χ2n) is 6.47. The fourth-order valence-electron chi connectivity index (χ4n) is 2.56. The Hall–Kier alpha value is -3.36. The number of hydrogen-bond acceptors (Lipinski definition) is 5. The zero-order chi connectivity index (χ0) is 21.0. The normalized spacial score (nSPS) is 11.5. The molecule has 0 aliphatic rings. The maximum atomic E-state index is 12.2. The van der Waals surface area contributed by atoms with Gasteiger partial charge in [-0.1, -0.05) is 24.3 Å². The molecule has 29 heavy (non-hydrogen) atoms. The summed E-state index contributed by atoms with van der Waals surface area (Å²) in [6.45, 7) is 3.58. The summed E-state index contributed by atoms with van der Waals surface area (Å²) in [5, 5.41) is 4.34. The van der Waals surface area contributed by atoms with Gasteiger partial charge in [0.25, 0.3) is 0 Å². The lowest BCUT2D eigenvalue weighted by molar-refractivity contribution is -0.274. The van der Waals surface area contributed by atoms with Gasteiger partial charge in [-0.05, 0) is 43.7 Å². The first-order valence-electron chi connectivity index (χ1n) is 8.76. The molecule has 0 bridgehead atoms. The fourth-order valence-corrected chi connectivity index (χ4v) is 2.56. The SMILES string of the molecule is CC(C)OC(=O)Cc1ccc(-c2ncn(-c3ccc(OC(F)(F)F)cc3)n2)cc1. The summed E-state index contributed by atoms with van der Waals surface area (Å²) in [7, 11) is 0. The van der Waals surface area contributed by atoms with Crippen LogP contribution in [0.3, 0.4) is 0 Å². The Bertz CT molecular complexity index is 965. The zero-order valence-electron chi connectivity index (χ0n) is 15.7. The number of carbonyl (C=O) groups excluding carboxylic acids is 1. The van der Waals surface area contributed by atoms with Crippen LogP contribution in [0.25, 0.3) is 17.1 Å². The third kappa shape index (κ3) is 5.81. The Balaban J connectivity index is 1.69. The maximum Gasteiger partial charge on any atom is 0.573 e. The third-order valence-electron chi connectivity index (χ3n) is 3.75. The predicted molar refractivity (Wildman–Crippen MR) is 98.4 cm³/mol. The number of carbonyl (C=O) groups is 1. The van der Waals surface area contributed by atoms with Gasteiger partial charge in [0.1, 0.15) is 12.1 Å². The monoisotopic (exact) mass is 405 g/mol. The molecule has 2 aromatic carbocycles. The van der Waals surface area contributed by atoms with Gasteiger partial charge in [0.15, 0.2) is 5.82 Å². The second-order valence-corrected chi connectivity index (χ2v) is 6.47. The van der Waals surface area contributed by atoms with E-state index in [4.69, 9.17) is 4.74 Å². The average molecular weight is 405 g/mol. The van der Waals surface area contributed by atoms with Gasteiger partial charge in [-0.2, -0.15) is 0 Å². The summed E-state index contributed by atoms with van der Waals surface area (Å²) >= 11 is 0. The molecule has 0 spiro atoms. The van der Waals surface area contributed by atoms with Crippen LogP contribution in [0.15, 0.2) is 54.9 Å². The number of aromatic nitrogens is 3. The number of benzene rings is 2. The second kappa shape index (κ2) is 8.34. The van der Waals surface area contributed by atoms with E-state index in [1.165, 1.54) is 35.3 Å². The van der Waals surface area contributed by atoms with Crippen LogP contribution in [-0.2, 0) is 16.0 Å². The van der Waals surface area contributed by atoms with Gasteiger partial charge in [0.2, 0.25) is 0 Å². The molecule has 6 nitrogen and oxygen atoms in total. The van der Waals surface area contributed by atoms with E-state index in [2.05, 4.69) is 14.8 Å². The zero-order valence-corrected chi connectivity index (χ0v) is 15.7. The van der Waals surface area contributed by atoms with Gasteiger partial charge in [-0.3, -0.25) is 4.79 Å². The topological polar surface area (TPSA) is 66.2 Å². The average Bonchev–Trinajstić information content (AvgIpc) is 3.11. The number of rotatable bonds is 6. The van der Waals surface area contributed by atoms with Crippen molar-refractivity contribution < 1.29 is 27.4 Å². The molecule has 9 heteroatoms. The summed E-state index contributed by atoms with van der Waals surface area (Å²) in [6.07, 6.45) is -3.26. The molecule has 0 saturated carbocycles. The fraction of sp³-hybridized carbons (Fsp3) is 0.250. The molecule has 0 saturated heterocycles. The van der Waals surface area contributed by atoms with Crippen LogP contribution in [0.4, 0.5) is 13.2 Å². The van der Waals surface area contributed by atoms with Crippen molar-refractivity contribution in [3.8, 4) is 22.8 Å². The Morgan fingerprint density at radius 2 is 1.72 bits per heavy atom. The molecule has 3 rings (SSSR count). The molecule has 0 amide bonds. The number of ether oxygens (including phenoxy) is 2. The van der Waals surface area contributed by atoms with Gasteiger partial charge in [-0.25, -0.2) is 9.67 Å². The first-order valence-corrected chi connectivity index (χ1v) is 8.76. The van der Waals surface area contributed by atoms with Crippen LogP contribution in [0.2, 0.25) is 0 Å². The highest BCUT2D eigenvalue weighted by molar-refractivity contribution is 5.73. The van der Waals surface area contributed by atoms with Crippen molar-refractivity contribution in [2.45, 2.75) is 32.7 Å². The van der Waals surface area contributed by atoms with Crippen molar-refractivity contribution in [1.29, 1.82) is 0 Å². The van der Waals surface area contributed by atoms with E-state index >= 15 is 0 Å². The molecule has 0 atom stereocenters. The van der Waals surface area contributed by atoms with Crippen LogP contribution in [0, 0.1) is 0 Å². The Morgan fingerprint density at radius 3 is 2.31 bits per heavy atom. The molecule has 152 valence electrons. The highest BCUT2D eigenvalue weighted by atomic mass is 19.4. The first kappa shape index (κ1) is 20.4. The molecule has 0 fully saturated rings. The van der Waals surface area contributed by atoms with Gasteiger partial charge in [-0.15, -0.1) is 18.3 Å². The lowest BCUT2D eigenvalue weighted by Gasteiger charge is -2.09. The summed E-state index contributed by atoms with van der Waals surface area (Å²) in [5.41, 5.74) is 2.08. The Labute approximate surface area is 164 Å². The van der Waals surface area contributed by atoms with Gasteiger partial charge in [0, 0.05) is 5.56 Å². The number of nitrogens with zero attached hydrogens (tertiary/aromatic N) is 3. The van der Waals surface area contributed by atoms with Crippen LogP contribution < -0.4 is 4.74 Å². The molecule has 3 aromatic rings. The van der Waals surface area contributed by atoms with Crippen molar-refractivity contribution in [3.63, 3.8) is 0 Å². The number of esters is 1. The van der Waals surface area contributed by atoms with E-state index < -0.39 is 6.36 Å². The van der Waals surface area contributed by atoms with Crippen LogP contribution in [0.1, 0.15) is 19.4 Å². The maximum absolute atomic E-state index is 12.2. The number of hydrogen-bond donors (Lipinski definition) is 0. The number of alkyl halides is 3. The lowest BCUT2D eigenvalue weighted by Crippen LogP contribution is -2.17. The van der Waals surface area contributed by atoms with Gasteiger partial charge < -0.3 is 9.47 Å². The summed E-state index contributed by atoms with van der Waals surface area (Å²) in [4.78, 5) is 15.9. The Morgan fingerprint density at radius 1 is 1.07 bits per heavy atom. The van der Waals surface area contributed by atoms with E-state index in [0.717, 1.165) is 11.1 Å². The Kier molecular flexibility index (Phi) is 5.86. The van der Waals surface area contributed by atoms with Crippen molar-refractivity contribution in [1.82, 2.24) is 14.8 Å². The van der Waals surface area contributed by atoms with Crippen molar-refractivity contribution in [2.75, 3.05) is 0 Å². The molecule has 0 aliphatic carbocycles. The third-order valence-corrected chi connectivity index (χ3v) is 3.75. The molecular formula is C20H18F3N3O3. The summed E-state index contributed by atoms with van der Waals surface area (Å²) in [6, 6.07) is 12.5. The molecule has 0 aliphatic heterocycles. The van der Waals surface area contributed by atoms with Crippen molar-refractivity contribution in [3.05, 3.63) is 60.4 Å². The highest BCUT2D eigenvalue weighted by Gasteiger charge is 2.31. The minimum absolute atomic E-state index is 0.163. The molecular weight excluding hydrogens is 387 g/mol. The molecule has 0 N–H and O–H groups in total. The molecule has 0 radical (unpaired) electrons. The van der Waals surface area contributed by atoms with Crippen molar-refractivity contribution in [2.24, 2.45) is 0 Å². The first-order chi connectivity index (χ1) is 13.7. The van der Waals surface area contributed by atoms with Crippen LogP contribution >= 0.6 is 0 Å². The van der Waals surface area contributed by atoms with Gasteiger partial charge in [0.05, 0.1) is 18.2 Å². The van der Waals surface area contributed by atoms with Crippen LogP contribution in [-0.4, -0.2) is 33.2 Å². The minimum Gasteiger partial charge on any atom is -0.463 e. The van der Waals surface area contributed by atoms with E-state index in [1.54, 1.807) is 38.1 Å². The smallest absolute Gasteiger partial charge is 0.463 e. The van der Waals surface area contributed by atoms with Crippen molar-refractivity contribution >= 4 is 5.97 Å². The summed E-state index contributed by atoms with van der Waals surface area (Å²) in [5.74, 6) is -0.168. The van der Waals surface area contributed by atoms with E-state index in [-0.39, 0.29) is 24.2 Å². The van der Waals surface area contributed by atoms with E-state index in [9.17, 15) is 18.0 Å². The molecule has 1 aromatic heterocycles. The van der Waals surface area contributed by atoms with E-state index in [0.29, 0.717) is 11.5 Å². The standard InChI is InChI=1S/C20H18F3N3O3/c1-13(2)28-18(27)11-14-3-5-15(6-4-14)19-24-12-26(25-19)16-7-9-17(10-8-16)29-20(21,22)23/h3-10,12-13H,11H2,1-2H3. The lowest BCUT2D eigenvalue weighted by atomic mass is 10.1.